The number of hydrogen-bond donors (Lipinski definition) is 1. The fourth-order valence-corrected chi connectivity index (χ4v) is 3.60. The van der Waals surface area contributed by atoms with Crippen molar-refractivity contribution in [1.82, 2.24) is 25.0 Å². The summed E-state index contributed by atoms with van der Waals surface area (Å²) in [7, 11) is 0. The van der Waals surface area contributed by atoms with Crippen LogP contribution < -0.4 is 0 Å². The number of aromatic nitrogens is 3. The van der Waals surface area contributed by atoms with E-state index in [1.54, 1.807) is 0 Å². The molecule has 4 rings (SSSR count). The molecule has 0 bridgehead atoms. The molecule has 8 heteroatoms. The van der Waals surface area contributed by atoms with Crippen LogP contribution in [0.4, 0.5) is 0 Å². The number of carbonyl (C=O) groups is 2. The van der Waals surface area contributed by atoms with Gasteiger partial charge in [-0.2, -0.15) is 5.10 Å². The van der Waals surface area contributed by atoms with Crippen LogP contribution >= 0.6 is 0 Å². The summed E-state index contributed by atoms with van der Waals surface area (Å²) in [6.45, 7) is 6.14. The van der Waals surface area contributed by atoms with Crippen molar-refractivity contribution in [2.45, 2.75) is 51.2 Å². The summed E-state index contributed by atoms with van der Waals surface area (Å²) in [6.07, 6.45) is 2.22. The average molecular weight is 347 g/mol. The van der Waals surface area contributed by atoms with Crippen molar-refractivity contribution < 1.29 is 14.3 Å². The van der Waals surface area contributed by atoms with Crippen LogP contribution in [0.2, 0.25) is 0 Å². The van der Waals surface area contributed by atoms with Gasteiger partial charge in [0.25, 0.3) is 0 Å². The van der Waals surface area contributed by atoms with Crippen molar-refractivity contribution in [3.8, 4) is 0 Å². The standard InChI is InChI=1S/C17H25N5O3/c1-10(2)15-18-16(20-19-15)13-9-21(5-6-25-13)17(24)11-7-14(23)22(8-11)12-3-4-12/h10-13H,3-9H2,1-2H3,(H,18,19,20)/t11-,13+/m0/s1. The molecule has 1 N–H and O–H groups in total. The highest BCUT2D eigenvalue weighted by Gasteiger charge is 2.43. The molecule has 1 aromatic rings. The quantitative estimate of drug-likeness (QED) is 0.871. The number of aromatic amines is 1. The number of H-pyrrole nitrogens is 1. The lowest BCUT2D eigenvalue weighted by Crippen LogP contribution is -2.45. The van der Waals surface area contributed by atoms with Gasteiger partial charge in [-0.15, -0.1) is 0 Å². The summed E-state index contributed by atoms with van der Waals surface area (Å²) in [5.41, 5.74) is 0. The zero-order valence-corrected chi connectivity index (χ0v) is 14.8. The Labute approximate surface area is 146 Å². The molecule has 3 aliphatic rings. The highest BCUT2D eigenvalue weighted by atomic mass is 16.5. The second-order valence-electron chi connectivity index (χ2n) is 7.56. The number of rotatable bonds is 4. The summed E-state index contributed by atoms with van der Waals surface area (Å²) in [6, 6.07) is 0.381. The van der Waals surface area contributed by atoms with Crippen molar-refractivity contribution in [3.63, 3.8) is 0 Å². The predicted molar refractivity (Wildman–Crippen MR) is 88.6 cm³/mol. The van der Waals surface area contributed by atoms with E-state index in [1.807, 2.05) is 23.6 Å². The van der Waals surface area contributed by atoms with Crippen LogP contribution in [0.5, 0.6) is 0 Å². The van der Waals surface area contributed by atoms with Gasteiger partial charge >= 0.3 is 0 Å². The second kappa shape index (κ2) is 6.40. The normalized spacial score (nSPS) is 27.4. The molecule has 8 nitrogen and oxygen atoms in total. The van der Waals surface area contributed by atoms with E-state index in [0.717, 1.165) is 18.7 Å². The Bertz CT molecular complexity index is 669. The zero-order chi connectivity index (χ0) is 17.6. The monoisotopic (exact) mass is 347 g/mol. The van der Waals surface area contributed by atoms with Gasteiger partial charge in [0.1, 0.15) is 6.10 Å². The third-order valence-electron chi connectivity index (χ3n) is 5.21. The Kier molecular flexibility index (Phi) is 4.23. The number of hydrogen-bond acceptors (Lipinski definition) is 5. The summed E-state index contributed by atoms with van der Waals surface area (Å²) < 4.78 is 5.79. The number of nitrogens with one attached hydrogen (secondary N) is 1. The number of morpholine rings is 1. The van der Waals surface area contributed by atoms with Crippen molar-refractivity contribution in [2.75, 3.05) is 26.2 Å². The highest BCUT2D eigenvalue weighted by Crippen LogP contribution is 2.33. The predicted octanol–water partition coefficient (Wildman–Crippen LogP) is 0.839. The SMILES string of the molecule is CC(C)c1n[nH]c([C@H]2CN(C(=O)[C@H]3CC(=O)N(C4CC4)C3)CCO2)n1. The van der Waals surface area contributed by atoms with Crippen LogP contribution in [0, 0.1) is 5.92 Å². The number of amides is 2. The lowest BCUT2D eigenvalue weighted by Gasteiger charge is -2.33. The number of likely N-dealkylation sites (tertiary alicyclic amines) is 1. The Balaban J connectivity index is 1.40. The third-order valence-corrected chi connectivity index (χ3v) is 5.21. The maximum absolute atomic E-state index is 12.9. The molecule has 0 spiro atoms. The van der Waals surface area contributed by atoms with E-state index in [0.29, 0.717) is 44.5 Å². The highest BCUT2D eigenvalue weighted by molar-refractivity contribution is 5.89. The van der Waals surface area contributed by atoms with E-state index < -0.39 is 0 Å². The van der Waals surface area contributed by atoms with Gasteiger partial charge in [-0.3, -0.25) is 14.7 Å². The third kappa shape index (κ3) is 3.27. The van der Waals surface area contributed by atoms with E-state index in [2.05, 4.69) is 15.2 Å². The van der Waals surface area contributed by atoms with Crippen LogP contribution in [0.15, 0.2) is 0 Å². The van der Waals surface area contributed by atoms with Gasteiger partial charge in [0, 0.05) is 31.5 Å². The smallest absolute Gasteiger partial charge is 0.228 e. The Morgan fingerprint density at radius 2 is 2.12 bits per heavy atom. The maximum Gasteiger partial charge on any atom is 0.228 e. The fraction of sp³-hybridized carbons (Fsp3) is 0.765. The van der Waals surface area contributed by atoms with Crippen LogP contribution in [-0.4, -0.2) is 69.1 Å². The molecule has 0 unspecified atom stereocenters. The summed E-state index contributed by atoms with van der Waals surface area (Å²) in [5, 5.41) is 7.15. The number of nitrogens with zero attached hydrogens (tertiary/aromatic N) is 4. The van der Waals surface area contributed by atoms with Gasteiger partial charge in [0.15, 0.2) is 11.6 Å². The molecule has 1 aliphatic carbocycles. The van der Waals surface area contributed by atoms with Gasteiger partial charge in [-0.25, -0.2) is 4.98 Å². The molecule has 1 aromatic heterocycles. The first kappa shape index (κ1) is 16.5. The molecule has 2 saturated heterocycles. The minimum atomic E-state index is -0.283. The topological polar surface area (TPSA) is 91.4 Å². The van der Waals surface area contributed by atoms with Crippen LogP contribution in [-0.2, 0) is 14.3 Å². The molecule has 25 heavy (non-hydrogen) atoms. The number of carbonyl (C=O) groups excluding carboxylic acids is 2. The number of ether oxygens (including phenoxy) is 1. The van der Waals surface area contributed by atoms with Gasteiger partial charge in [0.2, 0.25) is 11.8 Å². The summed E-state index contributed by atoms with van der Waals surface area (Å²) in [4.78, 5) is 33.2. The molecule has 3 heterocycles. The van der Waals surface area contributed by atoms with E-state index in [1.165, 1.54) is 0 Å². The molecule has 0 aromatic carbocycles. The van der Waals surface area contributed by atoms with E-state index >= 15 is 0 Å². The van der Waals surface area contributed by atoms with Crippen LogP contribution in [0.1, 0.15) is 56.8 Å². The zero-order valence-electron chi connectivity index (χ0n) is 14.8. The van der Waals surface area contributed by atoms with Gasteiger partial charge in [0.05, 0.1) is 19.1 Å². The molecular weight excluding hydrogens is 322 g/mol. The van der Waals surface area contributed by atoms with E-state index in [9.17, 15) is 9.59 Å². The molecule has 2 amide bonds. The van der Waals surface area contributed by atoms with Crippen molar-refractivity contribution in [3.05, 3.63) is 11.6 Å². The minimum absolute atomic E-state index is 0.0633. The van der Waals surface area contributed by atoms with Crippen molar-refractivity contribution >= 4 is 11.8 Å². The van der Waals surface area contributed by atoms with Gasteiger partial charge in [-0.1, -0.05) is 13.8 Å². The fourth-order valence-electron chi connectivity index (χ4n) is 3.60. The molecule has 2 aliphatic heterocycles. The molecule has 1 saturated carbocycles. The van der Waals surface area contributed by atoms with Crippen molar-refractivity contribution in [1.29, 1.82) is 0 Å². The van der Waals surface area contributed by atoms with Gasteiger partial charge in [-0.05, 0) is 12.8 Å². The van der Waals surface area contributed by atoms with Crippen molar-refractivity contribution in [2.24, 2.45) is 5.92 Å². The molecular formula is C17H25N5O3. The Morgan fingerprint density at radius 3 is 2.80 bits per heavy atom. The lowest BCUT2D eigenvalue weighted by molar-refractivity contribution is -0.143. The first-order valence-electron chi connectivity index (χ1n) is 9.15. The average Bonchev–Trinajstić information content (AvgIpc) is 3.18. The lowest BCUT2D eigenvalue weighted by atomic mass is 10.1. The van der Waals surface area contributed by atoms with E-state index in [-0.39, 0.29) is 29.8 Å². The van der Waals surface area contributed by atoms with Crippen LogP contribution in [0.25, 0.3) is 0 Å². The van der Waals surface area contributed by atoms with E-state index in [4.69, 9.17) is 4.74 Å². The molecule has 0 radical (unpaired) electrons. The van der Waals surface area contributed by atoms with Gasteiger partial charge < -0.3 is 14.5 Å². The first-order chi connectivity index (χ1) is 12.0. The summed E-state index contributed by atoms with van der Waals surface area (Å²) in [5.74, 6) is 1.64. The largest absolute Gasteiger partial charge is 0.367 e. The molecule has 2 atom stereocenters. The minimum Gasteiger partial charge on any atom is -0.367 e. The Hall–Kier alpha value is -1.96. The second-order valence-corrected chi connectivity index (χ2v) is 7.56. The maximum atomic E-state index is 12.9. The first-order valence-corrected chi connectivity index (χ1v) is 9.15. The summed E-state index contributed by atoms with van der Waals surface area (Å²) >= 11 is 0. The van der Waals surface area contributed by atoms with Crippen LogP contribution in [0.3, 0.4) is 0 Å². The Morgan fingerprint density at radius 1 is 1.32 bits per heavy atom. The molecule has 3 fully saturated rings. The molecule has 136 valence electrons.